The predicted molar refractivity (Wildman–Crippen MR) is 139 cm³/mol. The molecule has 5 atom stereocenters. The zero-order valence-electron chi connectivity index (χ0n) is 22.2. The third-order valence-electron chi connectivity index (χ3n) is 7.60. The molecule has 0 radical (unpaired) electrons. The number of nitrogens with one attached hydrogen (secondary N) is 1. The minimum atomic E-state index is -1.12. The topological polar surface area (TPSA) is 138 Å². The van der Waals surface area contributed by atoms with Crippen LogP contribution in [0.15, 0.2) is 23.8 Å². The molecule has 0 aromatic heterocycles. The van der Waals surface area contributed by atoms with Gasteiger partial charge in [-0.15, -0.1) is 0 Å². The largest absolute Gasteiger partial charge is 0.493 e. The van der Waals surface area contributed by atoms with Crippen molar-refractivity contribution in [3.8, 4) is 11.5 Å². The number of benzene rings is 1. The summed E-state index contributed by atoms with van der Waals surface area (Å²) in [6.07, 6.45) is 4.33. The van der Waals surface area contributed by atoms with Crippen LogP contribution in [0.25, 0.3) is 0 Å². The summed E-state index contributed by atoms with van der Waals surface area (Å²) in [7, 11) is 1.49. The lowest BCUT2D eigenvalue weighted by atomic mass is 9.77. The first kappa shape index (κ1) is 28.4. The number of aliphatic hydroxyl groups is 3. The molecule has 1 aliphatic carbocycles. The summed E-state index contributed by atoms with van der Waals surface area (Å²) in [5.74, 6) is -0.447. The molecule has 210 valence electrons. The lowest BCUT2D eigenvalue weighted by molar-refractivity contribution is -0.146. The normalized spacial score (nSPS) is 25.7. The third-order valence-corrected chi connectivity index (χ3v) is 7.60. The fourth-order valence-corrected chi connectivity index (χ4v) is 5.69. The Bertz CT molecular complexity index is 1020. The number of hydrogen-bond acceptors (Lipinski definition) is 8. The van der Waals surface area contributed by atoms with Crippen LogP contribution < -0.4 is 14.8 Å². The zero-order chi connectivity index (χ0) is 27.2. The molecule has 10 heteroatoms. The fraction of sp³-hybridized carbons (Fsp3) is 0.643. The maximum absolute atomic E-state index is 13.6. The van der Waals surface area contributed by atoms with Crippen LogP contribution in [-0.2, 0) is 20.9 Å². The number of nitrogens with zero attached hydrogens (tertiary/aromatic N) is 1. The molecule has 1 aromatic rings. The molecule has 2 heterocycles. The van der Waals surface area contributed by atoms with Crippen molar-refractivity contribution in [2.24, 2.45) is 0 Å². The lowest BCUT2D eigenvalue weighted by Gasteiger charge is -2.41. The van der Waals surface area contributed by atoms with Gasteiger partial charge in [0.05, 0.1) is 32.3 Å². The van der Waals surface area contributed by atoms with Gasteiger partial charge in [-0.2, -0.15) is 0 Å². The van der Waals surface area contributed by atoms with E-state index in [9.17, 15) is 24.9 Å². The van der Waals surface area contributed by atoms with E-state index in [1.165, 1.54) is 7.11 Å². The van der Waals surface area contributed by atoms with Gasteiger partial charge in [0.2, 0.25) is 5.91 Å². The van der Waals surface area contributed by atoms with Crippen LogP contribution in [0.3, 0.4) is 0 Å². The van der Waals surface area contributed by atoms with E-state index in [0.29, 0.717) is 47.8 Å². The quantitative estimate of drug-likeness (QED) is 0.297. The van der Waals surface area contributed by atoms with Crippen LogP contribution in [0, 0.1) is 0 Å². The van der Waals surface area contributed by atoms with E-state index in [0.717, 1.165) is 32.1 Å². The number of ether oxygens (including phenoxy) is 3. The van der Waals surface area contributed by atoms with Gasteiger partial charge in [-0.05, 0) is 43.0 Å². The first-order valence-corrected chi connectivity index (χ1v) is 13.6. The molecule has 0 bridgehead atoms. The van der Waals surface area contributed by atoms with Gasteiger partial charge >= 0.3 is 0 Å². The number of amides is 2. The maximum Gasteiger partial charge on any atom is 0.252 e. The Kier molecular flexibility index (Phi) is 9.64. The van der Waals surface area contributed by atoms with Crippen LogP contribution in [0.2, 0.25) is 0 Å². The van der Waals surface area contributed by atoms with Crippen LogP contribution >= 0.6 is 0 Å². The monoisotopic (exact) mass is 532 g/mol. The number of unbranched alkanes of at least 4 members (excludes halogenated alkanes) is 3. The van der Waals surface area contributed by atoms with Gasteiger partial charge in [0, 0.05) is 30.8 Å². The van der Waals surface area contributed by atoms with Gasteiger partial charge in [-0.3, -0.25) is 9.59 Å². The molecule has 3 aliphatic rings. The van der Waals surface area contributed by atoms with Crippen molar-refractivity contribution in [3.63, 3.8) is 0 Å². The van der Waals surface area contributed by atoms with Gasteiger partial charge in [-0.1, -0.05) is 26.2 Å². The number of methoxy groups -OCH3 is 1. The summed E-state index contributed by atoms with van der Waals surface area (Å²) in [6, 6.07) is 2.61. The molecular formula is C28H40N2O8. The number of hydrogen-bond donors (Lipinski definition) is 4. The minimum Gasteiger partial charge on any atom is -0.493 e. The number of aliphatic hydroxyl groups excluding tert-OH is 3. The molecule has 1 fully saturated rings. The fourth-order valence-electron chi connectivity index (χ4n) is 5.69. The van der Waals surface area contributed by atoms with Crippen LogP contribution in [0.5, 0.6) is 11.5 Å². The predicted octanol–water partition coefficient (Wildman–Crippen LogP) is 1.40. The van der Waals surface area contributed by atoms with Gasteiger partial charge in [0.25, 0.3) is 5.91 Å². The smallest absolute Gasteiger partial charge is 0.252 e. The van der Waals surface area contributed by atoms with Crippen LogP contribution in [-0.4, -0.2) is 89.8 Å². The average molecular weight is 533 g/mol. The van der Waals surface area contributed by atoms with Crippen molar-refractivity contribution in [2.75, 3.05) is 33.4 Å². The second-order valence-corrected chi connectivity index (χ2v) is 10.1. The highest BCUT2D eigenvalue weighted by atomic mass is 16.5. The van der Waals surface area contributed by atoms with Crippen molar-refractivity contribution in [2.45, 2.75) is 82.3 Å². The number of carbonyl (C=O) groups is 2. The summed E-state index contributed by atoms with van der Waals surface area (Å²) in [5.41, 5.74) is 1.55. The second-order valence-electron chi connectivity index (χ2n) is 10.1. The standard InChI is InChI=1S/C28H40N2O8/c1-3-4-5-6-10-30(28(35)21-8-7-12-37-21)20-15-19(27(34)29-9-11-31)23-18-13-17(16-32)14-22(36-2)25(18)38-26(23)24(20)33/h13-15,20-21,23-24,26,31-33H,3-12,16H2,1-2H3,(H,29,34). The highest BCUT2D eigenvalue weighted by Crippen LogP contribution is 2.51. The Hall–Kier alpha value is -2.66. The molecule has 4 N–H and O–H groups in total. The number of fused-ring (bicyclic) bond motifs is 3. The maximum atomic E-state index is 13.6. The Morgan fingerprint density at radius 1 is 1.21 bits per heavy atom. The molecule has 2 amide bonds. The van der Waals surface area contributed by atoms with Gasteiger partial charge in [0.15, 0.2) is 11.5 Å². The molecule has 1 saturated heterocycles. The molecule has 4 rings (SSSR count). The molecule has 1 aromatic carbocycles. The van der Waals surface area contributed by atoms with Gasteiger partial charge in [-0.25, -0.2) is 0 Å². The highest BCUT2D eigenvalue weighted by Gasteiger charge is 2.52. The molecule has 5 unspecified atom stereocenters. The Balaban J connectivity index is 1.75. The van der Waals surface area contributed by atoms with Crippen molar-refractivity contribution in [1.82, 2.24) is 10.2 Å². The van der Waals surface area contributed by atoms with E-state index in [1.807, 2.05) is 0 Å². The molecule has 10 nitrogen and oxygen atoms in total. The molecule has 38 heavy (non-hydrogen) atoms. The van der Waals surface area contributed by atoms with Gasteiger partial charge in [0.1, 0.15) is 18.3 Å². The minimum absolute atomic E-state index is 0.0596. The Morgan fingerprint density at radius 2 is 2.03 bits per heavy atom. The van der Waals surface area contributed by atoms with E-state index >= 15 is 0 Å². The van der Waals surface area contributed by atoms with E-state index in [1.54, 1.807) is 23.1 Å². The van der Waals surface area contributed by atoms with Crippen molar-refractivity contribution in [3.05, 3.63) is 34.9 Å². The van der Waals surface area contributed by atoms with Gasteiger partial charge < -0.3 is 39.7 Å². The Morgan fingerprint density at radius 3 is 2.68 bits per heavy atom. The molecule has 0 saturated carbocycles. The zero-order valence-corrected chi connectivity index (χ0v) is 22.2. The van der Waals surface area contributed by atoms with Crippen molar-refractivity contribution < 1.29 is 39.1 Å². The first-order chi connectivity index (χ1) is 18.4. The summed E-state index contributed by atoms with van der Waals surface area (Å²) in [6.45, 7) is 2.66. The molecule has 0 spiro atoms. The van der Waals surface area contributed by atoms with E-state index in [2.05, 4.69) is 12.2 Å². The third kappa shape index (κ3) is 5.68. The summed E-state index contributed by atoms with van der Waals surface area (Å²) < 4.78 is 17.5. The summed E-state index contributed by atoms with van der Waals surface area (Å²) in [4.78, 5) is 28.7. The summed E-state index contributed by atoms with van der Waals surface area (Å²) >= 11 is 0. The second kappa shape index (κ2) is 12.9. The number of rotatable bonds is 12. The lowest BCUT2D eigenvalue weighted by Crippen LogP contribution is -2.57. The SMILES string of the molecule is CCCCCCN(C(=O)C1CCCO1)C1C=C(C(=O)NCCO)C2c3cc(CO)cc(OC)c3OC2C1O. The number of carbonyl (C=O) groups excluding carboxylic acids is 2. The van der Waals surface area contributed by atoms with E-state index < -0.39 is 36.2 Å². The summed E-state index contributed by atoms with van der Waals surface area (Å²) in [5, 5.41) is 33.5. The van der Waals surface area contributed by atoms with Crippen molar-refractivity contribution >= 4 is 11.8 Å². The van der Waals surface area contributed by atoms with Crippen LogP contribution in [0.4, 0.5) is 0 Å². The van der Waals surface area contributed by atoms with E-state index in [4.69, 9.17) is 14.2 Å². The van der Waals surface area contributed by atoms with Crippen LogP contribution in [0.1, 0.15) is 62.5 Å². The van der Waals surface area contributed by atoms with Crippen molar-refractivity contribution in [1.29, 1.82) is 0 Å². The molecule has 2 aliphatic heterocycles. The highest BCUT2D eigenvalue weighted by molar-refractivity contribution is 5.96. The average Bonchev–Trinajstić information content (AvgIpc) is 3.61. The Labute approximate surface area is 223 Å². The van der Waals surface area contributed by atoms with E-state index in [-0.39, 0.29) is 25.7 Å². The molecular weight excluding hydrogens is 492 g/mol. The first-order valence-electron chi connectivity index (χ1n) is 13.6.